The fraction of sp³-hybridized carbons (Fsp3) is 0.250. The van der Waals surface area contributed by atoms with Gasteiger partial charge in [-0.25, -0.2) is 0 Å². The maximum absolute atomic E-state index is 10.9. The summed E-state index contributed by atoms with van der Waals surface area (Å²) in [5.41, 5.74) is 6.51. The number of nitrogen functional groups attached to an aromatic ring is 1. The third-order valence-corrected chi connectivity index (χ3v) is 1.64. The van der Waals surface area contributed by atoms with Gasteiger partial charge in [0, 0.05) is 12.6 Å². The Balaban J connectivity index is 2.96. The van der Waals surface area contributed by atoms with Crippen molar-refractivity contribution in [2.45, 2.75) is 13.3 Å². The van der Waals surface area contributed by atoms with E-state index >= 15 is 0 Å². The highest BCUT2D eigenvalue weighted by Crippen LogP contribution is 2.14. The molecule has 0 atom stereocenters. The molecule has 5 heteroatoms. The van der Waals surface area contributed by atoms with E-state index in [1.807, 2.05) is 0 Å². The number of aromatic amines is 1. The average Bonchev–Trinajstić information content (AvgIpc) is 2.31. The van der Waals surface area contributed by atoms with Crippen LogP contribution >= 0.6 is 0 Å². The van der Waals surface area contributed by atoms with Crippen LogP contribution in [0.2, 0.25) is 0 Å². The number of hydrogen-bond acceptors (Lipinski definition) is 3. The van der Waals surface area contributed by atoms with Gasteiger partial charge in [-0.15, -0.1) is 0 Å². The van der Waals surface area contributed by atoms with Gasteiger partial charge in [0.25, 0.3) is 0 Å². The Morgan fingerprint density at radius 1 is 1.62 bits per heavy atom. The van der Waals surface area contributed by atoms with Gasteiger partial charge >= 0.3 is 5.97 Å². The molecule has 0 fully saturated rings. The number of hydrogen-bond donors (Lipinski definition) is 3. The fourth-order valence-corrected chi connectivity index (χ4v) is 1.00. The number of aliphatic carboxylic acids is 1. The number of carbonyl (C=O) groups excluding carboxylic acids is 1. The summed E-state index contributed by atoms with van der Waals surface area (Å²) in [6.07, 6.45) is -0.195. The molecule has 4 N–H and O–H groups in total. The fourth-order valence-electron chi connectivity index (χ4n) is 1.00. The van der Waals surface area contributed by atoms with Gasteiger partial charge in [0.2, 0.25) is 0 Å². The Morgan fingerprint density at radius 3 is 2.62 bits per heavy atom. The minimum absolute atomic E-state index is 0.164. The summed E-state index contributed by atoms with van der Waals surface area (Å²) in [4.78, 5) is 23.9. The lowest BCUT2D eigenvalue weighted by molar-refractivity contribution is -0.136. The number of nitrogens with two attached hydrogens (primary N) is 1. The summed E-state index contributed by atoms with van der Waals surface area (Å²) < 4.78 is 0. The Labute approximate surface area is 74.6 Å². The minimum Gasteiger partial charge on any atom is -0.481 e. The first-order valence-electron chi connectivity index (χ1n) is 3.70. The zero-order valence-electron chi connectivity index (χ0n) is 7.13. The molecule has 0 unspecified atom stereocenters. The Kier molecular flexibility index (Phi) is 2.36. The summed E-state index contributed by atoms with van der Waals surface area (Å²) in [7, 11) is 0. The maximum atomic E-state index is 10.9. The highest BCUT2D eigenvalue weighted by molar-refractivity contribution is 5.93. The molecule has 0 bridgehead atoms. The first kappa shape index (κ1) is 9.31. The molecule has 0 saturated heterocycles. The van der Waals surface area contributed by atoms with Crippen LogP contribution in [0.5, 0.6) is 0 Å². The molecule has 0 aliphatic rings. The Bertz CT molecular complexity index is 354. The SMILES string of the molecule is CC(=O)c1cc(N)c(CC(=O)O)[nH]1. The van der Waals surface area contributed by atoms with Crippen molar-refractivity contribution in [3.8, 4) is 0 Å². The van der Waals surface area contributed by atoms with Crippen LogP contribution in [-0.2, 0) is 11.2 Å². The lowest BCUT2D eigenvalue weighted by Crippen LogP contribution is -2.03. The molecule has 0 aromatic carbocycles. The van der Waals surface area contributed by atoms with E-state index < -0.39 is 5.97 Å². The number of carboxylic acids is 1. The van der Waals surface area contributed by atoms with E-state index in [4.69, 9.17) is 10.8 Å². The number of aromatic nitrogens is 1. The molecule has 0 spiro atoms. The molecule has 0 saturated carbocycles. The van der Waals surface area contributed by atoms with Gasteiger partial charge in [0.1, 0.15) is 0 Å². The van der Waals surface area contributed by atoms with E-state index in [0.29, 0.717) is 17.1 Å². The van der Waals surface area contributed by atoms with Crippen LogP contribution < -0.4 is 5.73 Å². The molecule has 1 aromatic rings. The topological polar surface area (TPSA) is 96.2 Å². The number of Topliss-reactive ketones (excluding diaryl/α,β-unsaturated/α-hetero) is 1. The van der Waals surface area contributed by atoms with E-state index in [1.54, 1.807) is 0 Å². The summed E-state index contributed by atoms with van der Waals surface area (Å²) in [5, 5.41) is 8.48. The number of anilines is 1. The van der Waals surface area contributed by atoms with Crippen LogP contribution in [0.3, 0.4) is 0 Å². The van der Waals surface area contributed by atoms with Gasteiger partial charge in [-0.1, -0.05) is 0 Å². The summed E-state index contributed by atoms with van der Waals surface area (Å²) in [6.45, 7) is 1.38. The lowest BCUT2D eigenvalue weighted by Gasteiger charge is -1.93. The molecule has 70 valence electrons. The standard InChI is InChI=1S/C8H10N2O3/c1-4(11)6-2-5(9)7(10-6)3-8(12)13/h2,10H,3,9H2,1H3,(H,12,13). The molecular formula is C8H10N2O3. The number of carbonyl (C=O) groups is 2. The van der Waals surface area contributed by atoms with Crippen molar-refractivity contribution < 1.29 is 14.7 Å². The molecule has 0 radical (unpaired) electrons. The number of carboxylic acid groups (broad SMARTS) is 1. The van der Waals surface area contributed by atoms with Crippen LogP contribution in [0.1, 0.15) is 23.1 Å². The van der Waals surface area contributed by atoms with Crippen LogP contribution in [0.25, 0.3) is 0 Å². The van der Waals surface area contributed by atoms with Crippen LogP contribution in [0.4, 0.5) is 5.69 Å². The van der Waals surface area contributed by atoms with Crippen molar-refractivity contribution in [1.29, 1.82) is 0 Å². The quantitative estimate of drug-likeness (QED) is 0.590. The smallest absolute Gasteiger partial charge is 0.309 e. The number of nitrogens with one attached hydrogen (secondary N) is 1. The normalized spacial score (nSPS) is 9.92. The molecule has 0 aliphatic heterocycles. The minimum atomic E-state index is -0.983. The molecule has 1 aromatic heterocycles. The van der Waals surface area contributed by atoms with Gasteiger partial charge in [-0.2, -0.15) is 0 Å². The van der Waals surface area contributed by atoms with Crippen molar-refractivity contribution in [3.63, 3.8) is 0 Å². The second-order valence-corrected chi connectivity index (χ2v) is 2.74. The number of ketones is 1. The van der Waals surface area contributed by atoms with Crippen molar-refractivity contribution in [1.82, 2.24) is 4.98 Å². The highest BCUT2D eigenvalue weighted by Gasteiger charge is 2.10. The van der Waals surface area contributed by atoms with Crippen LogP contribution in [0.15, 0.2) is 6.07 Å². The molecule has 1 rings (SSSR count). The van der Waals surface area contributed by atoms with E-state index in [0.717, 1.165) is 0 Å². The van der Waals surface area contributed by atoms with Gasteiger partial charge in [0.05, 0.1) is 17.8 Å². The molecule has 1 heterocycles. The van der Waals surface area contributed by atoms with E-state index in [2.05, 4.69) is 4.98 Å². The van der Waals surface area contributed by atoms with Crippen molar-refractivity contribution in [3.05, 3.63) is 17.5 Å². The number of rotatable bonds is 3. The zero-order valence-corrected chi connectivity index (χ0v) is 7.13. The van der Waals surface area contributed by atoms with Crippen molar-refractivity contribution >= 4 is 17.4 Å². The van der Waals surface area contributed by atoms with Crippen molar-refractivity contribution in [2.75, 3.05) is 5.73 Å². The highest BCUT2D eigenvalue weighted by atomic mass is 16.4. The lowest BCUT2D eigenvalue weighted by atomic mass is 10.3. The second kappa shape index (κ2) is 3.30. The molecule has 13 heavy (non-hydrogen) atoms. The predicted molar refractivity (Wildman–Crippen MR) is 46.5 cm³/mol. The van der Waals surface area contributed by atoms with Crippen LogP contribution in [-0.4, -0.2) is 21.8 Å². The first-order chi connectivity index (χ1) is 6.00. The van der Waals surface area contributed by atoms with Crippen molar-refractivity contribution in [2.24, 2.45) is 0 Å². The van der Waals surface area contributed by atoms with Gasteiger partial charge in [0.15, 0.2) is 5.78 Å². The zero-order chi connectivity index (χ0) is 10.0. The van der Waals surface area contributed by atoms with E-state index in [9.17, 15) is 9.59 Å². The van der Waals surface area contributed by atoms with E-state index in [-0.39, 0.29) is 12.2 Å². The maximum Gasteiger partial charge on any atom is 0.309 e. The monoisotopic (exact) mass is 182 g/mol. The average molecular weight is 182 g/mol. The van der Waals surface area contributed by atoms with Gasteiger partial charge in [-0.3, -0.25) is 9.59 Å². The summed E-state index contributed by atoms with van der Waals surface area (Å²) >= 11 is 0. The first-order valence-corrected chi connectivity index (χ1v) is 3.70. The number of H-pyrrole nitrogens is 1. The second-order valence-electron chi connectivity index (χ2n) is 2.74. The largest absolute Gasteiger partial charge is 0.481 e. The molecule has 0 amide bonds. The predicted octanol–water partition coefficient (Wildman–Crippen LogP) is 0.427. The molecule has 0 aliphatic carbocycles. The summed E-state index contributed by atoms with van der Waals surface area (Å²) in [5.74, 6) is -1.15. The van der Waals surface area contributed by atoms with E-state index in [1.165, 1.54) is 13.0 Å². The third-order valence-electron chi connectivity index (χ3n) is 1.64. The van der Waals surface area contributed by atoms with Gasteiger partial charge in [-0.05, 0) is 6.07 Å². The third kappa shape index (κ3) is 2.08. The Hall–Kier alpha value is -1.78. The molecule has 5 nitrogen and oxygen atoms in total. The summed E-state index contributed by atoms with van der Waals surface area (Å²) in [6, 6.07) is 1.45. The van der Waals surface area contributed by atoms with Crippen LogP contribution in [0, 0.1) is 0 Å². The molecular weight excluding hydrogens is 172 g/mol. The Morgan fingerprint density at radius 2 is 2.23 bits per heavy atom. The van der Waals surface area contributed by atoms with Gasteiger partial charge < -0.3 is 15.8 Å².